The Morgan fingerprint density at radius 2 is 1.82 bits per heavy atom. The molecule has 1 saturated carbocycles. The van der Waals surface area contributed by atoms with Crippen LogP contribution in [0.25, 0.3) is 0 Å². The molecule has 2 atom stereocenters. The molecule has 1 aromatic rings. The molecule has 0 spiro atoms. The first kappa shape index (κ1) is 6.84. The summed E-state index contributed by atoms with van der Waals surface area (Å²) in [5.74, 6) is 1.37. The molecule has 1 aliphatic rings. The van der Waals surface area contributed by atoms with Crippen molar-refractivity contribution in [3.8, 4) is 0 Å². The van der Waals surface area contributed by atoms with Crippen molar-refractivity contribution in [2.75, 3.05) is 0 Å². The van der Waals surface area contributed by atoms with Gasteiger partial charge in [-0.3, -0.25) is 0 Å². The lowest BCUT2D eigenvalue weighted by atomic mass is 10.1. The van der Waals surface area contributed by atoms with E-state index in [1.54, 1.807) is 12.1 Å². The molecule has 1 aromatic carbocycles. The van der Waals surface area contributed by atoms with E-state index >= 15 is 0 Å². The summed E-state index contributed by atoms with van der Waals surface area (Å²) >= 11 is 0. The first-order valence-electron chi connectivity index (χ1n) is 4.03. The van der Waals surface area contributed by atoms with Crippen LogP contribution in [0.2, 0.25) is 0 Å². The van der Waals surface area contributed by atoms with Crippen molar-refractivity contribution < 1.29 is 4.39 Å². The summed E-state index contributed by atoms with van der Waals surface area (Å²) in [6.07, 6.45) is 1.27. The highest BCUT2D eigenvalue weighted by Crippen LogP contribution is 2.46. The van der Waals surface area contributed by atoms with E-state index in [2.05, 4.69) is 6.92 Å². The van der Waals surface area contributed by atoms with E-state index in [1.807, 2.05) is 12.1 Å². The average Bonchev–Trinajstić information content (AvgIpc) is 2.69. The summed E-state index contributed by atoms with van der Waals surface area (Å²) in [4.78, 5) is 0. The zero-order valence-electron chi connectivity index (χ0n) is 6.55. The largest absolute Gasteiger partial charge is 0.207 e. The molecule has 1 fully saturated rings. The van der Waals surface area contributed by atoms with E-state index in [0.29, 0.717) is 5.92 Å². The van der Waals surface area contributed by atoms with Crippen LogP contribution >= 0.6 is 0 Å². The SMILES string of the molecule is C[C@@H]1C[C@H]1c1ccc([18F])cc1. The molecule has 0 heterocycles. The van der Waals surface area contributed by atoms with Gasteiger partial charge in [0.1, 0.15) is 5.82 Å². The zero-order chi connectivity index (χ0) is 7.84. The van der Waals surface area contributed by atoms with Gasteiger partial charge in [0, 0.05) is 0 Å². The maximum Gasteiger partial charge on any atom is 0.123 e. The molecular formula is C10H11F. The van der Waals surface area contributed by atoms with Gasteiger partial charge in [-0.25, -0.2) is 4.39 Å². The van der Waals surface area contributed by atoms with Gasteiger partial charge in [0.05, 0.1) is 0 Å². The molecule has 0 saturated heterocycles. The minimum Gasteiger partial charge on any atom is -0.207 e. The molecule has 1 aliphatic carbocycles. The van der Waals surface area contributed by atoms with Gasteiger partial charge in [0.25, 0.3) is 0 Å². The minimum atomic E-state index is -0.137. The van der Waals surface area contributed by atoms with E-state index in [4.69, 9.17) is 0 Å². The van der Waals surface area contributed by atoms with Crippen LogP contribution in [-0.2, 0) is 0 Å². The molecule has 0 unspecified atom stereocenters. The second kappa shape index (κ2) is 2.33. The summed E-state index contributed by atoms with van der Waals surface area (Å²) in [6, 6.07) is 6.87. The van der Waals surface area contributed by atoms with Crippen molar-refractivity contribution in [2.45, 2.75) is 19.3 Å². The number of hydrogen-bond donors (Lipinski definition) is 0. The summed E-state index contributed by atoms with van der Waals surface area (Å²) < 4.78 is 12.5. The second-order valence-electron chi connectivity index (χ2n) is 3.37. The number of rotatable bonds is 1. The highest BCUT2D eigenvalue weighted by atomic mass is 18.2. The summed E-state index contributed by atoms with van der Waals surface area (Å²) in [7, 11) is 0. The van der Waals surface area contributed by atoms with Crippen LogP contribution < -0.4 is 0 Å². The molecule has 11 heavy (non-hydrogen) atoms. The molecule has 1 heteroatoms. The molecule has 0 radical (unpaired) electrons. The normalized spacial score (nSPS) is 28.5. The Hall–Kier alpha value is -0.850. The standard InChI is InChI=1S/C10H11F/c1-7-6-10(7)8-2-4-9(11)5-3-8/h2-5,7,10H,6H2,1H3/t7-,10-/m1/s1/i11-1. The van der Waals surface area contributed by atoms with Gasteiger partial charge in [-0.15, -0.1) is 0 Å². The smallest absolute Gasteiger partial charge is 0.123 e. The summed E-state index contributed by atoms with van der Waals surface area (Å²) in [5.41, 5.74) is 1.29. The molecule has 0 aromatic heterocycles. The third-order valence-electron chi connectivity index (χ3n) is 2.41. The predicted octanol–water partition coefficient (Wildman–Crippen LogP) is 2.95. The number of benzene rings is 1. The topological polar surface area (TPSA) is 0 Å². The number of halogens is 1. The molecule has 0 nitrogen and oxygen atoms in total. The fourth-order valence-electron chi connectivity index (χ4n) is 1.50. The van der Waals surface area contributed by atoms with Crippen LogP contribution in [0.1, 0.15) is 24.8 Å². The van der Waals surface area contributed by atoms with Crippen molar-refractivity contribution in [1.29, 1.82) is 0 Å². The van der Waals surface area contributed by atoms with E-state index in [0.717, 1.165) is 5.92 Å². The van der Waals surface area contributed by atoms with Crippen LogP contribution in [0.3, 0.4) is 0 Å². The summed E-state index contributed by atoms with van der Waals surface area (Å²) in [5, 5.41) is 0. The van der Waals surface area contributed by atoms with Crippen LogP contribution in [0, 0.1) is 11.7 Å². The third-order valence-corrected chi connectivity index (χ3v) is 2.41. The average molecular weight is 149 g/mol. The lowest BCUT2D eigenvalue weighted by Crippen LogP contribution is -1.80. The predicted molar refractivity (Wildman–Crippen MR) is 42.9 cm³/mol. The Balaban J connectivity index is 2.21. The van der Waals surface area contributed by atoms with Crippen molar-refractivity contribution >= 4 is 0 Å². The van der Waals surface area contributed by atoms with Gasteiger partial charge in [-0.2, -0.15) is 0 Å². The van der Waals surface area contributed by atoms with Gasteiger partial charge in [0.2, 0.25) is 0 Å². The highest BCUT2D eigenvalue weighted by Gasteiger charge is 2.33. The van der Waals surface area contributed by atoms with E-state index in [1.165, 1.54) is 12.0 Å². The van der Waals surface area contributed by atoms with E-state index in [-0.39, 0.29) is 5.82 Å². The van der Waals surface area contributed by atoms with E-state index < -0.39 is 0 Å². The zero-order valence-corrected chi connectivity index (χ0v) is 6.55. The lowest BCUT2D eigenvalue weighted by Gasteiger charge is -1.96. The fourth-order valence-corrected chi connectivity index (χ4v) is 1.50. The maximum absolute atomic E-state index is 12.5. The first-order valence-corrected chi connectivity index (χ1v) is 4.03. The Labute approximate surface area is 66.1 Å². The number of hydrogen-bond acceptors (Lipinski definition) is 0. The van der Waals surface area contributed by atoms with Crippen LogP contribution in [0.15, 0.2) is 24.3 Å². The quantitative estimate of drug-likeness (QED) is 0.576. The van der Waals surface area contributed by atoms with Gasteiger partial charge in [0.15, 0.2) is 0 Å². The molecule has 0 bridgehead atoms. The maximum atomic E-state index is 12.5. The lowest BCUT2D eigenvalue weighted by molar-refractivity contribution is 0.627. The molecule has 2 rings (SSSR count). The van der Waals surface area contributed by atoms with Crippen LogP contribution in [-0.4, -0.2) is 0 Å². The molecule has 0 aliphatic heterocycles. The van der Waals surface area contributed by atoms with Gasteiger partial charge < -0.3 is 0 Å². The van der Waals surface area contributed by atoms with Crippen molar-refractivity contribution in [2.24, 2.45) is 5.92 Å². The Morgan fingerprint density at radius 1 is 1.27 bits per heavy atom. The Bertz CT molecular complexity index is 250. The molecular weight excluding hydrogens is 138 g/mol. The van der Waals surface area contributed by atoms with Crippen molar-refractivity contribution in [1.82, 2.24) is 0 Å². The van der Waals surface area contributed by atoms with Crippen LogP contribution in [0.5, 0.6) is 0 Å². The molecule has 58 valence electrons. The molecule has 0 amide bonds. The second-order valence-corrected chi connectivity index (χ2v) is 3.37. The Morgan fingerprint density at radius 3 is 2.27 bits per heavy atom. The third kappa shape index (κ3) is 1.28. The summed E-state index contributed by atoms with van der Waals surface area (Å²) in [6.45, 7) is 2.23. The Kier molecular flexibility index (Phi) is 1.45. The molecule has 0 N–H and O–H groups in total. The van der Waals surface area contributed by atoms with Crippen molar-refractivity contribution in [3.63, 3.8) is 0 Å². The van der Waals surface area contributed by atoms with Crippen molar-refractivity contribution in [3.05, 3.63) is 35.6 Å². The first-order chi connectivity index (χ1) is 5.27. The van der Waals surface area contributed by atoms with Gasteiger partial charge in [-0.1, -0.05) is 19.1 Å². The van der Waals surface area contributed by atoms with Gasteiger partial charge >= 0.3 is 0 Å². The fraction of sp³-hybridized carbons (Fsp3) is 0.400. The monoisotopic (exact) mass is 149 g/mol. The van der Waals surface area contributed by atoms with Gasteiger partial charge in [-0.05, 0) is 36.0 Å². The van der Waals surface area contributed by atoms with E-state index in [9.17, 15) is 4.39 Å². The highest BCUT2D eigenvalue weighted by molar-refractivity contribution is 5.25. The minimum absolute atomic E-state index is 0.137. The van der Waals surface area contributed by atoms with Crippen LogP contribution in [0.4, 0.5) is 4.39 Å².